The molecule has 5 heterocycles. The molecule has 9 nitrogen and oxygen atoms in total. The first-order valence-corrected chi connectivity index (χ1v) is 11.4. The monoisotopic (exact) mass is 477 g/mol. The van der Waals surface area contributed by atoms with Gasteiger partial charge in [-0.3, -0.25) is 9.69 Å². The third-order valence-corrected chi connectivity index (χ3v) is 6.63. The standard InChI is InChI=1S/C22H26F3N7O2/c1-12-9-31(11-18-27-13(2)7-17(28-18)22(23,24)25)10-15(12)19-29-21(33)16-8-26-20(32(16)30-19)14-3-5-34-6-4-14/h7-8,12,14-15H,3-6,9-11H2,1-2H3,(H,29,30,33). The molecule has 0 aromatic carbocycles. The van der Waals surface area contributed by atoms with Gasteiger partial charge in [-0.2, -0.15) is 18.3 Å². The second-order valence-electron chi connectivity index (χ2n) is 9.23. The Labute approximate surface area is 193 Å². The molecule has 0 radical (unpaired) electrons. The van der Waals surface area contributed by atoms with Gasteiger partial charge in [0.2, 0.25) is 0 Å². The van der Waals surface area contributed by atoms with Gasteiger partial charge in [0, 0.05) is 43.8 Å². The summed E-state index contributed by atoms with van der Waals surface area (Å²) in [6.07, 6.45) is -1.31. The highest BCUT2D eigenvalue weighted by molar-refractivity contribution is 5.42. The molecule has 0 aliphatic carbocycles. The van der Waals surface area contributed by atoms with Gasteiger partial charge in [-0.05, 0) is 31.7 Å². The predicted octanol–water partition coefficient (Wildman–Crippen LogP) is 2.66. The summed E-state index contributed by atoms with van der Waals surface area (Å²) >= 11 is 0. The van der Waals surface area contributed by atoms with Crippen molar-refractivity contribution < 1.29 is 17.9 Å². The Morgan fingerprint density at radius 2 is 1.97 bits per heavy atom. The fraction of sp³-hybridized carbons (Fsp3) is 0.591. The van der Waals surface area contributed by atoms with E-state index in [1.165, 1.54) is 6.92 Å². The molecule has 12 heteroatoms. The third-order valence-electron chi connectivity index (χ3n) is 6.63. The summed E-state index contributed by atoms with van der Waals surface area (Å²) in [5.41, 5.74) is -0.506. The number of aromatic amines is 1. The van der Waals surface area contributed by atoms with E-state index in [0.29, 0.717) is 37.6 Å². The molecule has 5 rings (SSSR count). The van der Waals surface area contributed by atoms with Crippen LogP contribution in [0.15, 0.2) is 17.1 Å². The van der Waals surface area contributed by atoms with Crippen LogP contribution >= 0.6 is 0 Å². The number of ether oxygens (including phenoxy) is 1. The summed E-state index contributed by atoms with van der Waals surface area (Å²) in [6.45, 7) is 6.22. The van der Waals surface area contributed by atoms with Gasteiger partial charge < -0.3 is 9.72 Å². The molecule has 2 atom stereocenters. The van der Waals surface area contributed by atoms with Crippen molar-refractivity contribution in [1.29, 1.82) is 0 Å². The Morgan fingerprint density at radius 3 is 2.71 bits per heavy atom. The maximum absolute atomic E-state index is 13.2. The van der Waals surface area contributed by atoms with E-state index in [0.717, 1.165) is 24.7 Å². The number of likely N-dealkylation sites (tertiary alicyclic amines) is 1. The highest BCUT2D eigenvalue weighted by Crippen LogP contribution is 2.32. The lowest BCUT2D eigenvalue weighted by Gasteiger charge is -2.21. The molecule has 2 aliphatic heterocycles. The number of imidazole rings is 1. The number of aryl methyl sites for hydroxylation is 1. The smallest absolute Gasteiger partial charge is 0.381 e. The van der Waals surface area contributed by atoms with Gasteiger partial charge in [0.1, 0.15) is 23.2 Å². The van der Waals surface area contributed by atoms with Crippen molar-refractivity contribution in [3.05, 3.63) is 51.5 Å². The molecule has 3 aromatic rings. The summed E-state index contributed by atoms with van der Waals surface area (Å²) < 4.78 is 46.6. The highest BCUT2D eigenvalue weighted by atomic mass is 19.4. The lowest BCUT2D eigenvalue weighted by Crippen LogP contribution is -2.25. The first kappa shape index (κ1) is 22.9. The molecule has 2 saturated heterocycles. The second-order valence-corrected chi connectivity index (χ2v) is 9.23. The van der Waals surface area contributed by atoms with Crippen molar-refractivity contribution in [3.63, 3.8) is 0 Å². The molecule has 1 N–H and O–H groups in total. The van der Waals surface area contributed by atoms with Crippen LogP contribution in [-0.4, -0.2) is 60.8 Å². The zero-order valence-electron chi connectivity index (χ0n) is 19.0. The van der Waals surface area contributed by atoms with Crippen molar-refractivity contribution >= 4 is 5.52 Å². The van der Waals surface area contributed by atoms with Gasteiger partial charge in [-0.1, -0.05) is 6.92 Å². The van der Waals surface area contributed by atoms with Gasteiger partial charge in [0.15, 0.2) is 5.52 Å². The fourth-order valence-electron chi connectivity index (χ4n) is 4.93. The van der Waals surface area contributed by atoms with Crippen LogP contribution in [0.25, 0.3) is 5.52 Å². The van der Waals surface area contributed by atoms with Crippen LogP contribution in [0.5, 0.6) is 0 Å². The number of rotatable bonds is 4. The summed E-state index contributed by atoms with van der Waals surface area (Å²) in [5.74, 6) is 1.67. The first-order chi connectivity index (χ1) is 16.2. The molecule has 3 aromatic heterocycles. The molecule has 0 saturated carbocycles. The van der Waals surface area contributed by atoms with Gasteiger partial charge in [-0.25, -0.2) is 19.5 Å². The lowest BCUT2D eigenvalue weighted by atomic mass is 9.97. The minimum Gasteiger partial charge on any atom is -0.381 e. The van der Waals surface area contributed by atoms with E-state index in [1.54, 1.807) is 10.7 Å². The van der Waals surface area contributed by atoms with E-state index < -0.39 is 11.9 Å². The van der Waals surface area contributed by atoms with E-state index in [2.05, 4.69) is 19.9 Å². The molecular weight excluding hydrogens is 451 g/mol. The van der Waals surface area contributed by atoms with Gasteiger partial charge in [0.05, 0.1) is 12.7 Å². The number of nitrogens with one attached hydrogen (secondary N) is 1. The van der Waals surface area contributed by atoms with Crippen LogP contribution in [0, 0.1) is 12.8 Å². The maximum Gasteiger partial charge on any atom is 0.433 e. The van der Waals surface area contributed by atoms with E-state index in [-0.39, 0.29) is 41.4 Å². The summed E-state index contributed by atoms with van der Waals surface area (Å²) in [7, 11) is 0. The van der Waals surface area contributed by atoms with Gasteiger partial charge >= 0.3 is 6.18 Å². The number of nitrogens with zero attached hydrogens (tertiary/aromatic N) is 6. The molecule has 34 heavy (non-hydrogen) atoms. The zero-order chi connectivity index (χ0) is 24.0. The van der Waals surface area contributed by atoms with Crippen LogP contribution in [0.3, 0.4) is 0 Å². The van der Waals surface area contributed by atoms with E-state index in [4.69, 9.17) is 9.84 Å². The molecule has 182 valence electrons. The van der Waals surface area contributed by atoms with Crippen LogP contribution in [0.1, 0.15) is 60.5 Å². The van der Waals surface area contributed by atoms with Crippen molar-refractivity contribution in [2.24, 2.45) is 5.92 Å². The maximum atomic E-state index is 13.2. The number of hydrogen-bond donors (Lipinski definition) is 1. The van der Waals surface area contributed by atoms with Crippen molar-refractivity contribution in [2.45, 2.75) is 51.2 Å². The Bertz CT molecular complexity index is 1250. The summed E-state index contributed by atoms with van der Waals surface area (Å²) in [4.78, 5) is 30.1. The summed E-state index contributed by atoms with van der Waals surface area (Å²) in [5, 5.41) is 4.76. The van der Waals surface area contributed by atoms with Crippen molar-refractivity contribution in [1.82, 2.24) is 34.4 Å². The Hall–Kier alpha value is -2.86. The lowest BCUT2D eigenvalue weighted by molar-refractivity contribution is -0.141. The average Bonchev–Trinajstić information content (AvgIpc) is 3.37. The fourth-order valence-corrected chi connectivity index (χ4v) is 4.93. The number of halogens is 3. The molecule has 0 bridgehead atoms. The molecular formula is C22H26F3N7O2. The number of H-pyrrole nitrogens is 1. The molecule has 0 spiro atoms. The topological polar surface area (TPSA) is 101 Å². The Balaban J connectivity index is 1.39. The number of hydrogen-bond acceptors (Lipinski definition) is 7. The number of fused-ring (bicyclic) bond motifs is 1. The van der Waals surface area contributed by atoms with Crippen LogP contribution in [0.4, 0.5) is 13.2 Å². The molecule has 0 amide bonds. The van der Waals surface area contributed by atoms with E-state index in [9.17, 15) is 18.0 Å². The van der Waals surface area contributed by atoms with Crippen LogP contribution in [0.2, 0.25) is 0 Å². The largest absolute Gasteiger partial charge is 0.433 e. The Kier molecular flexibility index (Phi) is 5.88. The quantitative estimate of drug-likeness (QED) is 0.617. The predicted molar refractivity (Wildman–Crippen MR) is 115 cm³/mol. The summed E-state index contributed by atoms with van der Waals surface area (Å²) in [6, 6.07) is 0.948. The first-order valence-electron chi connectivity index (χ1n) is 11.4. The Morgan fingerprint density at radius 1 is 1.21 bits per heavy atom. The van der Waals surface area contributed by atoms with Crippen LogP contribution < -0.4 is 5.56 Å². The van der Waals surface area contributed by atoms with Crippen LogP contribution in [-0.2, 0) is 17.5 Å². The normalized spacial score (nSPS) is 22.6. The number of alkyl halides is 3. The molecule has 2 aliphatic rings. The van der Waals surface area contributed by atoms with E-state index >= 15 is 0 Å². The minimum absolute atomic E-state index is 0.0889. The molecule has 2 unspecified atom stereocenters. The number of aromatic nitrogens is 6. The second kappa shape index (κ2) is 8.73. The minimum atomic E-state index is -4.52. The third kappa shape index (κ3) is 4.43. The zero-order valence-corrected chi connectivity index (χ0v) is 19.0. The SMILES string of the molecule is Cc1cc(C(F)(F)F)nc(CN2CC(C)C(c3nn4c(C5CCOCC5)ncc4c(=O)[nH]3)C2)n1. The molecule has 2 fully saturated rings. The van der Waals surface area contributed by atoms with E-state index in [1.807, 2.05) is 11.8 Å². The van der Waals surface area contributed by atoms with Gasteiger partial charge in [0.25, 0.3) is 5.56 Å². The van der Waals surface area contributed by atoms with Crippen molar-refractivity contribution in [3.8, 4) is 0 Å². The highest BCUT2D eigenvalue weighted by Gasteiger charge is 2.36. The van der Waals surface area contributed by atoms with Gasteiger partial charge in [-0.15, -0.1) is 0 Å². The average molecular weight is 477 g/mol. The van der Waals surface area contributed by atoms with Crippen molar-refractivity contribution in [2.75, 3.05) is 26.3 Å².